The van der Waals surface area contributed by atoms with Gasteiger partial charge in [0.25, 0.3) is 0 Å². The SMILES string of the molecule is CC(C)(O)Cn1nc(C2CC2)nc1C[C@@H](c1ccccc1)c1ccco1. The molecule has 3 aromatic rings. The molecule has 136 valence electrons. The number of aliphatic hydroxyl groups is 1. The quantitative estimate of drug-likeness (QED) is 0.701. The van der Waals surface area contributed by atoms with E-state index in [2.05, 4.69) is 12.1 Å². The van der Waals surface area contributed by atoms with E-state index in [9.17, 15) is 5.11 Å². The number of aromatic nitrogens is 3. The summed E-state index contributed by atoms with van der Waals surface area (Å²) in [4.78, 5) is 4.83. The van der Waals surface area contributed by atoms with Crippen LogP contribution in [-0.4, -0.2) is 25.5 Å². The first-order valence-corrected chi connectivity index (χ1v) is 9.24. The van der Waals surface area contributed by atoms with Crippen LogP contribution in [0.5, 0.6) is 0 Å². The molecule has 1 aliphatic carbocycles. The van der Waals surface area contributed by atoms with Crippen molar-refractivity contribution in [3.8, 4) is 0 Å². The molecule has 1 aliphatic rings. The molecule has 26 heavy (non-hydrogen) atoms. The van der Waals surface area contributed by atoms with E-state index >= 15 is 0 Å². The van der Waals surface area contributed by atoms with Gasteiger partial charge in [-0.15, -0.1) is 0 Å². The molecule has 4 rings (SSSR count). The van der Waals surface area contributed by atoms with Gasteiger partial charge in [-0.25, -0.2) is 9.67 Å². The summed E-state index contributed by atoms with van der Waals surface area (Å²) < 4.78 is 7.60. The lowest BCUT2D eigenvalue weighted by Gasteiger charge is -2.20. The fourth-order valence-corrected chi connectivity index (χ4v) is 3.29. The van der Waals surface area contributed by atoms with Gasteiger partial charge in [-0.3, -0.25) is 0 Å². The fourth-order valence-electron chi connectivity index (χ4n) is 3.29. The smallest absolute Gasteiger partial charge is 0.154 e. The summed E-state index contributed by atoms with van der Waals surface area (Å²) in [6.45, 7) is 4.04. The lowest BCUT2D eigenvalue weighted by molar-refractivity contribution is 0.0564. The third-order valence-electron chi connectivity index (χ3n) is 4.72. The third kappa shape index (κ3) is 3.88. The Bertz CT molecular complexity index is 843. The van der Waals surface area contributed by atoms with Crippen molar-refractivity contribution in [2.24, 2.45) is 0 Å². The number of furan rings is 1. The van der Waals surface area contributed by atoms with Gasteiger partial charge in [0, 0.05) is 18.3 Å². The molecule has 5 nitrogen and oxygen atoms in total. The van der Waals surface area contributed by atoms with Crippen molar-refractivity contribution in [3.05, 3.63) is 71.7 Å². The van der Waals surface area contributed by atoms with Crippen LogP contribution in [0.1, 0.15) is 61.5 Å². The maximum atomic E-state index is 10.3. The zero-order valence-corrected chi connectivity index (χ0v) is 15.3. The summed E-state index contributed by atoms with van der Waals surface area (Å²) in [6, 6.07) is 14.3. The molecule has 0 spiro atoms. The zero-order valence-electron chi connectivity index (χ0n) is 15.3. The molecule has 1 fully saturated rings. The molecule has 0 amide bonds. The van der Waals surface area contributed by atoms with Crippen molar-refractivity contribution in [1.29, 1.82) is 0 Å². The maximum absolute atomic E-state index is 10.3. The van der Waals surface area contributed by atoms with E-state index in [1.807, 2.05) is 35.0 Å². The molecule has 5 heteroatoms. The van der Waals surface area contributed by atoms with E-state index in [-0.39, 0.29) is 5.92 Å². The average Bonchev–Trinajstić information content (AvgIpc) is 3.17. The van der Waals surface area contributed by atoms with Crippen molar-refractivity contribution in [2.75, 3.05) is 0 Å². The van der Waals surface area contributed by atoms with Crippen molar-refractivity contribution >= 4 is 0 Å². The Hall–Kier alpha value is -2.40. The van der Waals surface area contributed by atoms with Crippen LogP contribution in [0.15, 0.2) is 53.1 Å². The molecule has 0 saturated heterocycles. The van der Waals surface area contributed by atoms with E-state index in [1.54, 1.807) is 20.1 Å². The van der Waals surface area contributed by atoms with Gasteiger partial charge in [0.05, 0.1) is 18.4 Å². The molecule has 2 aromatic heterocycles. The Morgan fingerprint density at radius 3 is 2.58 bits per heavy atom. The van der Waals surface area contributed by atoms with Crippen molar-refractivity contribution < 1.29 is 9.52 Å². The van der Waals surface area contributed by atoms with Crippen molar-refractivity contribution in [3.63, 3.8) is 0 Å². The number of hydrogen-bond acceptors (Lipinski definition) is 4. The Labute approximate surface area is 153 Å². The highest BCUT2D eigenvalue weighted by Crippen LogP contribution is 2.38. The Balaban J connectivity index is 1.69. The number of rotatable bonds is 7. The minimum Gasteiger partial charge on any atom is -0.469 e. The lowest BCUT2D eigenvalue weighted by atomic mass is 9.93. The van der Waals surface area contributed by atoms with Gasteiger partial charge in [-0.1, -0.05) is 30.3 Å². The highest BCUT2D eigenvalue weighted by atomic mass is 16.3. The Kier molecular flexibility index (Phi) is 4.41. The molecule has 2 heterocycles. The first-order chi connectivity index (χ1) is 12.5. The molecule has 1 atom stereocenters. The molecule has 0 bridgehead atoms. The summed E-state index contributed by atoms with van der Waals surface area (Å²) in [6.07, 6.45) is 4.72. The van der Waals surface area contributed by atoms with E-state index < -0.39 is 5.60 Å². The minimum atomic E-state index is -0.837. The monoisotopic (exact) mass is 351 g/mol. The predicted molar refractivity (Wildman–Crippen MR) is 99.0 cm³/mol. The second kappa shape index (κ2) is 6.72. The van der Waals surface area contributed by atoms with Crippen LogP contribution in [0.25, 0.3) is 0 Å². The molecule has 0 unspecified atom stereocenters. The fraction of sp³-hybridized carbons (Fsp3) is 0.429. The molecule has 1 aromatic carbocycles. The second-order valence-corrected chi connectivity index (χ2v) is 7.81. The Morgan fingerprint density at radius 1 is 1.19 bits per heavy atom. The van der Waals surface area contributed by atoms with E-state index in [1.165, 1.54) is 5.56 Å². The molecule has 1 N–H and O–H groups in total. The number of benzene rings is 1. The van der Waals surface area contributed by atoms with Crippen LogP contribution in [0.4, 0.5) is 0 Å². The summed E-state index contributed by atoms with van der Waals surface area (Å²) in [7, 11) is 0. The van der Waals surface area contributed by atoms with Gasteiger partial charge in [0.1, 0.15) is 11.6 Å². The van der Waals surface area contributed by atoms with E-state index in [0.717, 1.165) is 30.3 Å². The normalized spacial score (nSPS) is 16.0. The number of nitrogens with zero attached hydrogens (tertiary/aromatic N) is 3. The van der Waals surface area contributed by atoms with E-state index in [0.29, 0.717) is 18.9 Å². The zero-order chi connectivity index (χ0) is 18.1. The minimum absolute atomic E-state index is 0.0722. The van der Waals surface area contributed by atoms with Gasteiger partial charge in [-0.2, -0.15) is 5.10 Å². The topological polar surface area (TPSA) is 64.1 Å². The van der Waals surface area contributed by atoms with Crippen molar-refractivity contribution in [2.45, 2.75) is 57.1 Å². The molecule has 0 aliphatic heterocycles. The van der Waals surface area contributed by atoms with Crippen LogP contribution in [0.3, 0.4) is 0 Å². The average molecular weight is 351 g/mol. The van der Waals surface area contributed by atoms with Crippen molar-refractivity contribution in [1.82, 2.24) is 14.8 Å². The summed E-state index contributed by atoms with van der Waals surface area (Å²) in [5.41, 5.74) is 0.351. The van der Waals surface area contributed by atoms with Crippen LogP contribution >= 0.6 is 0 Å². The third-order valence-corrected chi connectivity index (χ3v) is 4.72. The number of hydrogen-bond donors (Lipinski definition) is 1. The van der Waals surface area contributed by atoms with E-state index in [4.69, 9.17) is 14.5 Å². The Morgan fingerprint density at radius 2 is 1.96 bits per heavy atom. The van der Waals surface area contributed by atoms with Gasteiger partial charge in [0.15, 0.2) is 5.82 Å². The largest absolute Gasteiger partial charge is 0.469 e. The summed E-state index contributed by atoms with van der Waals surface area (Å²) >= 11 is 0. The van der Waals surface area contributed by atoms with Gasteiger partial charge in [0.2, 0.25) is 0 Å². The molecule has 0 radical (unpaired) electrons. The lowest BCUT2D eigenvalue weighted by Crippen LogP contribution is -2.28. The maximum Gasteiger partial charge on any atom is 0.154 e. The standard InChI is InChI=1S/C21H25N3O2/c1-21(2,25)14-24-19(22-20(23-24)16-10-11-16)13-17(18-9-6-12-26-18)15-7-4-3-5-8-15/h3-9,12,16-17,25H,10-11,13-14H2,1-2H3/t17-/m0/s1. The highest BCUT2D eigenvalue weighted by Gasteiger charge is 2.31. The van der Waals surface area contributed by atoms with Gasteiger partial charge < -0.3 is 9.52 Å². The van der Waals surface area contributed by atoms with Gasteiger partial charge in [-0.05, 0) is 44.4 Å². The van der Waals surface area contributed by atoms with Crippen LogP contribution in [0.2, 0.25) is 0 Å². The molecular weight excluding hydrogens is 326 g/mol. The first-order valence-electron chi connectivity index (χ1n) is 9.24. The van der Waals surface area contributed by atoms with Crippen LogP contribution < -0.4 is 0 Å². The summed E-state index contributed by atoms with van der Waals surface area (Å²) in [5, 5.41) is 15.0. The molecular formula is C21H25N3O2. The molecule has 1 saturated carbocycles. The summed E-state index contributed by atoms with van der Waals surface area (Å²) in [5.74, 6) is 3.29. The van der Waals surface area contributed by atoms with Crippen LogP contribution in [0, 0.1) is 0 Å². The second-order valence-electron chi connectivity index (χ2n) is 7.81. The highest BCUT2D eigenvalue weighted by molar-refractivity contribution is 5.28. The van der Waals surface area contributed by atoms with Crippen LogP contribution in [-0.2, 0) is 13.0 Å². The predicted octanol–water partition coefficient (Wildman–Crippen LogP) is 3.89. The van der Waals surface area contributed by atoms with Gasteiger partial charge >= 0.3 is 0 Å². The first kappa shape index (κ1) is 17.0.